The normalized spacial score (nSPS) is 17.1. The summed E-state index contributed by atoms with van der Waals surface area (Å²) in [6.07, 6.45) is 9.20. The summed E-state index contributed by atoms with van der Waals surface area (Å²) < 4.78 is 5.34. The molecule has 1 amide bonds. The molecule has 0 saturated carbocycles. The molecule has 0 spiro atoms. The van der Waals surface area contributed by atoms with Crippen molar-refractivity contribution in [3.05, 3.63) is 35.9 Å². The molecule has 0 aliphatic carbocycles. The standard InChI is InChI=1S/C20H29NO3/c1-2-3-4-5-6-7-11-14-19-21(16-20(23)24-19)18(22)15-17-12-9-8-10-13-17/h8-10,12-13,19H,2-7,11,14-16H2,1H3. The van der Waals surface area contributed by atoms with Crippen LogP contribution in [0.15, 0.2) is 30.3 Å². The van der Waals surface area contributed by atoms with Crippen LogP contribution < -0.4 is 0 Å². The van der Waals surface area contributed by atoms with Gasteiger partial charge in [0.15, 0.2) is 6.23 Å². The molecule has 1 saturated heterocycles. The van der Waals surface area contributed by atoms with Gasteiger partial charge in [0.1, 0.15) is 6.54 Å². The van der Waals surface area contributed by atoms with Crippen molar-refractivity contribution in [3.63, 3.8) is 0 Å². The second-order valence-corrected chi connectivity index (χ2v) is 6.54. The van der Waals surface area contributed by atoms with E-state index in [2.05, 4.69) is 6.92 Å². The highest BCUT2D eigenvalue weighted by molar-refractivity contribution is 5.86. The molecule has 1 aliphatic heterocycles. The minimum absolute atomic E-state index is 0.0278. The Morgan fingerprint density at radius 1 is 1.08 bits per heavy atom. The van der Waals surface area contributed by atoms with Gasteiger partial charge < -0.3 is 4.74 Å². The van der Waals surface area contributed by atoms with Crippen molar-refractivity contribution >= 4 is 11.9 Å². The van der Waals surface area contributed by atoms with E-state index in [0.717, 1.165) is 24.8 Å². The largest absolute Gasteiger partial charge is 0.440 e. The van der Waals surface area contributed by atoms with Crippen molar-refractivity contribution in [1.29, 1.82) is 0 Å². The summed E-state index contributed by atoms with van der Waals surface area (Å²) in [5.41, 5.74) is 0.969. The van der Waals surface area contributed by atoms with Gasteiger partial charge in [0.05, 0.1) is 6.42 Å². The van der Waals surface area contributed by atoms with E-state index >= 15 is 0 Å². The zero-order valence-electron chi connectivity index (χ0n) is 14.7. The maximum Gasteiger partial charge on any atom is 0.327 e. The zero-order valence-corrected chi connectivity index (χ0v) is 14.7. The van der Waals surface area contributed by atoms with Crippen molar-refractivity contribution in [2.45, 2.75) is 70.9 Å². The Bertz CT molecular complexity index is 515. The van der Waals surface area contributed by atoms with E-state index in [4.69, 9.17) is 4.74 Å². The van der Waals surface area contributed by atoms with Crippen LogP contribution in [0.2, 0.25) is 0 Å². The van der Waals surface area contributed by atoms with Crippen LogP contribution >= 0.6 is 0 Å². The maximum atomic E-state index is 12.5. The predicted octanol–water partition coefficient (Wildman–Crippen LogP) is 4.08. The van der Waals surface area contributed by atoms with E-state index in [-0.39, 0.29) is 24.6 Å². The SMILES string of the molecule is CCCCCCCCCC1OC(=O)CN1C(=O)Cc1ccccc1. The molecule has 4 nitrogen and oxygen atoms in total. The topological polar surface area (TPSA) is 46.6 Å². The van der Waals surface area contributed by atoms with Crippen LogP contribution in [-0.2, 0) is 20.7 Å². The first-order chi connectivity index (χ1) is 11.7. The third-order valence-electron chi connectivity index (χ3n) is 4.49. The van der Waals surface area contributed by atoms with E-state index in [1.54, 1.807) is 4.90 Å². The van der Waals surface area contributed by atoms with Crippen LogP contribution in [0.3, 0.4) is 0 Å². The summed E-state index contributed by atoms with van der Waals surface area (Å²) in [6.45, 7) is 2.31. The Balaban J connectivity index is 1.74. The van der Waals surface area contributed by atoms with Crippen LogP contribution in [-0.4, -0.2) is 29.5 Å². The molecule has 1 atom stereocenters. The third-order valence-corrected chi connectivity index (χ3v) is 4.49. The number of rotatable bonds is 10. The van der Waals surface area contributed by atoms with E-state index in [1.807, 2.05) is 30.3 Å². The van der Waals surface area contributed by atoms with Gasteiger partial charge >= 0.3 is 5.97 Å². The lowest BCUT2D eigenvalue weighted by molar-refractivity contribution is -0.143. The molecule has 4 heteroatoms. The second-order valence-electron chi connectivity index (χ2n) is 6.54. The van der Waals surface area contributed by atoms with E-state index < -0.39 is 0 Å². The monoisotopic (exact) mass is 331 g/mol. The van der Waals surface area contributed by atoms with Gasteiger partial charge in [-0.3, -0.25) is 14.5 Å². The van der Waals surface area contributed by atoms with Crippen LogP contribution in [0.25, 0.3) is 0 Å². The molecular weight excluding hydrogens is 302 g/mol. The number of carbonyl (C=O) groups is 2. The number of unbranched alkanes of at least 4 members (excludes halogenated alkanes) is 6. The third kappa shape index (κ3) is 5.99. The molecule has 1 aromatic carbocycles. The Labute approximate surface area is 145 Å². The first-order valence-corrected chi connectivity index (χ1v) is 9.23. The molecule has 24 heavy (non-hydrogen) atoms. The van der Waals surface area contributed by atoms with E-state index in [9.17, 15) is 9.59 Å². The van der Waals surface area contributed by atoms with Gasteiger partial charge in [0.2, 0.25) is 5.91 Å². The predicted molar refractivity (Wildman–Crippen MR) is 94.3 cm³/mol. The molecule has 1 fully saturated rings. The molecule has 1 aromatic rings. The average molecular weight is 331 g/mol. The Morgan fingerprint density at radius 3 is 2.46 bits per heavy atom. The molecular formula is C20H29NO3. The first-order valence-electron chi connectivity index (χ1n) is 9.23. The molecule has 0 N–H and O–H groups in total. The lowest BCUT2D eigenvalue weighted by atomic mass is 10.1. The van der Waals surface area contributed by atoms with Crippen molar-refractivity contribution in [1.82, 2.24) is 4.90 Å². The van der Waals surface area contributed by atoms with Crippen molar-refractivity contribution in [2.75, 3.05) is 6.54 Å². The fourth-order valence-electron chi connectivity index (χ4n) is 3.11. The van der Waals surface area contributed by atoms with E-state index in [1.165, 1.54) is 32.1 Å². The van der Waals surface area contributed by atoms with Crippen LogP contribution in [0.1, 0.15) is 63.9 Å². The number of hydrogen-bond donors (Lipinski definition) is 0. The first kappa shape index (κ1) is 18.5. The minimum atomic E-state index is -0.371. The lowest BCUT2D eigenvalue weighted by Crippen LogP contribution is -2.37. The molecule has 132 valence electrons. The summed E-state index contributed by atoms with van der Waals surface area (Å²) in [4.78, 5) is 25.7. The summed E-state index contributed by atoms with van der Waals surface area (Å²) in [6, 6.07) is 9.64. The number of ether oxygens (including phenoxy) is 1. The fraction of sp³-hybridized carbons (Fsp3) is 0.600. The highest BCUT2D eigenvalue weighted by Gasteiger charge is 2.34. The van der Waals surface area contributed by atoms with Gasteiger partial charge in [0, 0.05) is 6.42 Å². The minimum Gasteiger partial charge on any atom is -0.440 e. The van der Waals surface area contributed by atoms with E-state index in [0.29, 0.717) is 6.42 Å². The highest BCUT2D eigenvalue weighted by atomic mass is 16.6. The smallest absolute Gasteiger partial charge is 0.327 e. The fourth-order valence-corrected chi connectivity index (χ4v) is 3.11. The molecule has 1 heterocycles. The average Bonchev–Trinajstić information content (AvgIpc) is 2.96. The summed E-state index contributed by atoms with van der Waals surface area (Å²) in [5.74, 6) is -0.315. The molecule has 0 aromatic heterocycles. The van der Waals surface area contributed by atoms with Gasteiger partial charge in [-0.05, 0) is 12.0 Å². The summed E-state index contributed by atoms with van der Waals surface area (Å²) in [7, 11) is 0. The second kappa shape index (κ2) is 10.1. The quantitative estimate of drug-likeness (QED) is 0.479. The van der Waals surface area contributed by atoms with Gasteiger partial charge in [-0.25, -0.2) is 0 Å². The van der Waals surface area contributed by atoms with Crippen LogP contribution in [0, 0.1) is 0 Å². The molecule has 1 unspecified atom stereocenters. The van der Waals surface area contributed by atoms with Gasteiger partial charge in [0.25, 0.3) is 0 Å². The van der Waals surface area contributed by atoms with Gasteiger partial charge in [-0.15, -0.1) is 0 Å². The number of hydrogen-bond acceptors (Lipinski definition) is 3. The summed E-state index contributed by atoms with van der Waals surface area (Å²) in [5, 5.41) is 0. The number of amides is 1. The van der Waals surface area contributed by atoms with Crippen LogP contribution in [0.5, 0.6) is 0 Å². The maximum absolute atomic E-state index is 12.5. The molecule has 0 bridgehead atoms. The number of carbonyl (C=O) groups excluding carboxylic acids is 2. The van der Waals surface area contributed by atoms with Crippen LogP contribution in [0.4, 0.5) is 0 Å². The Kier molecular flexibility index (Phi) is 7.80. The molecule has 2 rings (SSSR count). The number of cyclic esters (lactones) is 1. The molecule has 0 radical (unpaired) electrons. The van der Waals surface area contributed by atoms with Crippen molar-refractivity contribution in [3.8, 4) is 0 Å². The Morgan fingerprint density at radius 2 is 1.75 bits per heavy atom. The highest BCUT2D eigenvalue weighted by Crippen LogP contribution is 2.20. The lowest BCUT2D eigenvalue weighted by Gasteiger charge is -2.21. The van der Waals surface area contributed by atoms with Crippen molar-refractivity contribution < 1.29 is 14.3 Å². The Hall–Kier alpha value is -1.84. The van der Waals surface area contributed by atoms with Gasteiger partial charge in [-0.1, -0.05) is 75.8 Å². The van der Waals surface area contributed by atoms with Crippen molar-refractivity contribution in [2.24, 2.45) is 0 Å². The number of esters is 1. The summed E-state index contributed by atoms with van der Waals surface area (Å²) >= 11 is 0. The zero-order chi connectivity index (χ0) is 17.2. The van der Waals surface area contributed by atoms with Gasteiger partial charge in [-0.2, -0.15) is 0 Å². The number of benzene rings is 1. The molecule has 1 aliphatic rings. The number of nitrogens with zero attached hydrogens (tertiary/aromatic N) is 1.